The van der Waals surface area contributed by atoms with Crippen molar-refractivity contribution in [1.82, 2.24) is 9.78 Å². The van der Waals surface area contributed by atoms with Gasteiger partial charge in [0.15, 0.2) is 8.32 Å². The quantitative estimate of drug-likeness (QED) is 0.528. The van der Waals surface area contributed by atoms with Gasteiger partial charge in [-0.05, 0) is 51.9 Å². The summed E-state index contributed by atoms with van der Waals surface area (Å²) in [6.07, 6.45) is 0. The molecule has 2 aromatic rings. The van der Waals surface area contributed by atoms with Gasteiger partial charge in [-0.2, -0.15) is 5.10 Å². The zero-order chi connectivity index (χ0) is 22.7. The Balaban J connectivity index is 1.85. The average molecular weight is 471 g/mol. The number of rotatable bonds is 5. The summed E-state index contributed by atoms with van der Waals surface area (Å²) >= 11 is 13.5. The number of hydrogen-bond donors (Lipinski definition) is 0. The van der Waals surface area contributed by atoms with Crippen molar-refractivity contribution in [3.63, 3.8) is 0 Å². The fourth-order valence-electron chi connectivity index (χ4n) is 3.07. The molecule has 1 aromatic heterocycles. The van der Waals surface area contributed by atoms with Crippen LogP contribution < -0.4 is 5.46 Å². The van der Waals surface area contributed by atoms with Crippen LogP contribution in [0.2, 0.25) is 28.3 Å². The molecule has 9 heteroatoms. The smallest absolute Gasteiger partial charge is 0.415 e. The third kappa shape index (κ3) is 4.21. The molecule has 0 N–H and O–H groups in total. The van der Waals surface area contributed by atoms with Crippen LogP contribution in [0.15, 0.2) is 12.1 Å². The summed E-state index contributed by atoms with van der Waals surface area (Å²) in [7, 11) is -2.37. The second-order valence-corrected chi connectivity index (χ2v) is 16.1. The molecule has 166 valence electrons. The first-order valence-corrected chi connectivity index (χ1v) is 14.1. The first-order valence-electron chi connectivity index (χ1n) is 10.4. The maximum atomic E-state index is 6.77. The summed E-state index contributed by atoms with van der Waals surface area (Å²) in [5.74, 6) is 0. The van der Waals surface area contributed by atoms with E-state index >= 15 is 0 Å². The van der Waals surface area contributed by atoms with Crippen LogP contribution in [0.5, 0.6) is 0 Å². The molecule has 1 saturated heterocycles. The molecule has 0 amide bonds. The Labute approximate surface area is 191 Å². The van der Waals surface area contributed by atoms with E-state index in [2.05, 4.69) is 39.0 Å². The first kappa shape index (κ1) is 24.1. The molecule has 0 aliphatic carbocycles. The molecule has 30 heavy (non-hydrogen) atoms. The molecular weight excluding hydrogens is 438 g/mol. The van der Waals surface area contributed by atoms with E-state index in [4.69, 9.17) is 36.9 Å². The van der Waals surface area contributed by atoms with Crippen molar-refractivity contribution >= 4 is 55.0 Å². The van der Waals surface area contributed by atoms with Crippen LogP contribution in [0.1, 0.15) is 48.5 Å². The topological polar surface area (TPSA) is 45.5 Å². The van der Waals surface area contributed by atoms with Crippen LogP contribution in [0, 0.1) is 0 Å². The molecule has 1 aromatic carbocycles. The van der Waals surface area contributed by atoms with Gasteiger partial charge in [0, 0.05) is 5.46 Å². The SMILES string of the molecule is CC1(C)OB(c2ccc3nn(CCO[Si](C)(C)C(C)(C)C)c(Cl)c3c2Cl)OC1(C)C. The molecule has 5 nitrogen and oxygen atoms in total. The molecule has 3 rings (SSSR count). The molecule has 1 aliphatic heterocycles. The van der Waals surface area contributed by atoms with E-state index < -0.39 is 26.6 Å². The first-order chi connectivity index (χ1) is 13.6. The Morgan fingerprint density at radius 1 is 1.10 bits per heavy atom. The zero-order valence-corrected chi connectivity index (χ0v) is 22.0. The molecule has 0 bridgehead atoms. The molecule has 1 aliphatic rings. The van der Waals surface area contributed by atoms with Crippen LogP contribution in [-0.4, -0.2) is 43.0 Å². The lowest BCUT2D eigenvalue weighted by Crippen LogP contribution is -2.41. The normalized spacial score (nSPS) is 19.1. The lowest BCUT2D eigenvalue weighted by molar-refractivity contribution is 0.00578. The third-order valence-electron chi connectivity index (χ3n) is 6.89. The molecule has 0 atom stereocenters. The van der Waals surface area contributed by atoms with Gasteiger partial charge in [0.1, 0.15) is 5.15 Å². The van der Waals surface area contributed by atoms with Gasteiger partial charge in [0.05, 0.1) is 40.3 Å². The summed E-state index contributed by atoms with van der Waals surface area (Å²) in [6, 6.07) is 3.82. The Kier molecular flexibility index (Phi) is 6.25. The number of aromatic nitrogens is 2. The van der Waals surface area contributed by atoms with Gasteiger partial charge in [-0.3, -0.25) is 4.68 Å². The molecule has 0 saturated carbocycles. The van der Waals surface area contributed by atoms with Crippen LogP contribution in [0.25, 0.3) is 10.9 Å². The Morgan fingerprint density at radius 3 is 2.20 bits per heavy atom. The highest BCUT2D eigenvalue weighted by Gasteiger charge is 2.52. The fourth-order valence-corrected chi connectivity index (χ4v) is 4.80. The average Bonchev–Trinajstić information content (AvgIpc) is 3.00. The summed E-state index contributed by atoms with van der Waals surface area (Å²) in [5.41, 5.74) is 0.634. The second kappa shape index (κ2) is 7.78. The maximum absolute atomic E-state index is 6.77. The highest BCUT2D eigenvalue weighted by molar-refractivity contribution is 6.74. The molecular formula is C21H33BCl2N2O3Si. The van der Waals surface area contributed by atoms with E-state index in [0.29, 0.717) is 23.3 Å². The number of fused-ring (bicyclic) bond motifs is 1. The van der Waals surface area contributed by atoms with Crippen molar-refractivity contribution in [1.29, 1.82) is 0 Å². The highest BCUT2D eigenvalue weighted by Crippen LogP contribution is 2.39. The van der Waals surface area contributed by atoms with Gasteiger partial charge in [0.2, 0.25) is 0 Å². The number of halogens is 2. The minimum Gasteiger partial charge on any atom is -0.415 e. The van der Waals surface area contributed by atoms with E-state index in [9.17, 15) is 0 Å². The summed E-state index contributed by atoms with van der Waals surface area (Å²) in [4.78, 5) is 0. The molecule has 0 radical (unpaired) electrons. The van der Waals surface area contributed by atoms with Crippen molar-refractivity contribution in [3.05, 3.63) is 22.3 Å². The maximum Gasteiger partial charge on any atom is 0.496 e. The molecule has 1 fully saturated rings. The van der Waals surface area contributed by atoms with E-state index in [1.807, 2.05) is 39.8 Å². The van der Waals surface area contributed by atoms with Crippen molar-refractivity contribution in [2.24, 2.45) is 0 Å². The Morgan fingerprint density at radius 2 is 1.67 bits per heavy atom. The summed E-state index contributed by atoms with van der Waals surface area (Å²) < 4.78 is 20.4. The van der Waals surface area contributed by atoms with E-state index in [-0.39, 0.29) is 5.04 Å². The standard InChI is InChI=1S/C21H33BCl2N2O3Si/c1-19(2,3)30(8,9)27-13-12-26-18(24)16-15(25-26)11-10-14(17(16)23)22-28-20(4,5)21(6,7)29-22/h10-11H,12-13H2,1-9H3. The lowest BCUT2D eigenvalue weighted by atomic mass is 9.78. The van der Waals surface area contributed by atoms with Crippen molar-refractivity contribution in [3.8, 4) is 0 Å². The molecule has 0 unspecified atom stereocenters. The molecule has 2 heterocycles. The predicted octanol–water partition coefficient (Wildman–Crippen LogP) is 5.66. The minimum absolute atomic E-state index is 0.159. The van der Waals surface area contributed by atoms with Gasteiger partial charge in [-0.25, -0.2) is 0 Å². The largest absolute Gasteiger partial charge is 0.496 e. The van der Waals surface area contributed by atoms with E-state index in [0.717, 1.165) is 16.4 Å². The fraction of sp³-hybridized carbons (Fsp3) is 0.667. The number of benzene rings is 1. The van der Waals surface area contributed by atoms with Gasteiger partial charge < -0.3 is 13.7 Å². The lowest BCUT2D eigenvalue weighted by Gasteiger charge is -2.36. The summed E-state index contributed by atoms with van der Waals surface area (Å²) in [5, 5.41) is 6.54. The minimum atomic E-state index is -1.82. The van der Waals surface area contributed by atoms with Crippen LogP contribution in [-0.2, 0) is 20.3 Å². The van der Waals surface area contributed by atoms with Gasteiger partial charge >= 0.3 is 7.12 Å². The van der Waals surface area contributed by atoms with E-state index in [1.54, 1.807) is 4.68 Å². The molecule has 0 spiro atoms. The van der Waals surface area contributed by atoms with Crippen LogP contribution in [0.4, 0.5) is 0 Å². The Hall–Kier alpha value is -0.568. The monoisotopic (exact) mass is 470 g/mol. The van der Waals surface area contributed by atoms with Crippen molar-refractivity contribution in [2.45, 2.75) is 84.3 Å². The van der Waals surface area contributed by atoms with Gasteiger partial charge in [-0.15, -0.1) is 0 Å². The van der Waals surface area contributed by atoms with Gasteiger partial charge in [-0.1, -0.05) is 50.0 Å². The highest BCUT2D eigenvalue weighted by atomic mass is 35.5. The van der Waals surface area contributed by atoms with E-state index in [1.165, 1.54) is 0 Å². The number of nitrogens with zero attached hydrogens (tertiary/aromatic N) is 2. The summed E-state index contributed by atoms with van der Waals surface area (Å²) in [6.45, 7) is 20.4. The Bertz CT molecular complexity index is 938. The predicted molar refractivity (Wildman–Crippen MR) is 129 cm³/mol. The van der Waals surface area contributed by atoms with Crippen molar-refractivity contribution in [2.75, 3.05) is 6.61 Å². The zero-order valence-electron chi connectivity index (χ0n) is 19.5. The van der Waals surface area contributed by atoms with Gasteiger partial charge in [0.25, 0.3) is 0 Å². The van der Waals surface area contributed by atoms with Crippen molar-refractivity contribution < 1.29 is 13.7 Å². The van der Waals surface area contributed by atoms with Crippen LogP contribution in [0.3, 0.4) is 0 Å². The second-order valence-electron chi connectivity index (χ2n) is 10.6. The third-order valence-corrected chi connectivity index (χ3v) is 12.2. The van der Waals surface area contributed by atoms with Crippen LogP contribution >= 0.6 is 23.2 Å². The number of hydrogen-bond acceptors (Lipinski definition) is 4.